The van der Waals surface area contributed by atoms with Gasteiger partial charge in [0.1, 0.15) is 11.3 Å². The van der Waals surface area contributed by atoms with Crippen molar-refractivity contribution in [1.82, 2.24) is 9.38 Å². The first-order chi connectivity index (χ1) is 11.7. The van der Waals surface area contributed by atoms with E-state index in [0.717, 1.165) is 5.56 Å². The minimum atomic E-state index is -3.70. The molecule has 0 atom stereocenters. The molecule has 4 rings (SSSR count). The molecule has 0 aliphatic heterocycles. The lowest BCUT2D eigenvalue weighted by atomic mass is 10.2. The second kappa shape index (κ2) is 5.62. The first-order valence-corrected chi connectivity index (χ1v) is 8.99. The molecule has 0 saturated heterocycles. The maximum Gasteiger partial charge on any atom is 0.224 e. The third kappa shape index (κ3) is 2.30. The molecular formula is C19H14N2O2S. The average molecular weight is 334 g/mol. The van der Waals surface area contributed by atoms with Crippen LogP contribution in [-0.4, -0.2) is 17.8 Å². The number of pyridine rings is 1. The van der Waals surface area contributed by atoms with Crippen molar-refractivity contribution < 1.29 is 8.42 Å². The summed E-state index contributed by atoms with van der Waals surface area (Å²) in [6.07, 6.45) is 1.73. The number of nitrogens with zero attached hydrogens (tertiary/aromatic N) is 2. The summed E-state index contributed by atoms with van der Waals surface area (Å²) in [6.45, 7) is 0. The van der Waals surface area contributed by atoms with E-state index in [9.17, 15) is 8.42 Å². The van der Waals surface area contributed by atoms with Crippen molar-refractivity contribution in [2.45, 2.75) is 9.92 Å². The summed E-state index contributed by atoms with van der Waals surface area (Å²) in [5, 5.41) is 0.190. The quantitative estimate of drug-likeness (QED) is 0.572. The normalized spacial score (nSPS) is 11.7. The zero-order valence-electron chi connectivity index (χ0n) is 12.7. The fourth-order valence-corrected chi connectivity index (χ4v) is 4.30. The molecule has 0 radical (unpaired) electrons. The van der Waals surface area contributed by atoms with Crippen molar-refractivity contribution in [3.63, 3.8) is 0 Å². The van der Waals surface area contributed by atoms with Crippen LogP contribution in [0.1, 0.15) is 0 Å². The molecule has 0 amide bonds. The lowest BCUT2D eigenvalue weighted by Gasteiger charge is -2.07. The average Bonchev–Trinajstić information content (AvgIpc) is 3.03. The molecule has 0 aliphatic rings. The Hall–Kier alpha value is -2.92. The summed E-state index contributed by atoms with van der Waals surface area (Å²) in [5.74, 6) is 0. The van der Waals surface area contributed by atoms with Crippen LogP contribution in [0.2, 0.25) is 0 Å². The highest BCUT2D eigenvalue weighted by molar-refractivity contribution is 7.91. The van der Waals surface area contributed by atoms with Crippen molar-refractivity contribution in [3.05, 3.63) is 85.1 Å². The monoisotopic (exact) mass is 334 g/mol. The molecule has 0 bridgehead atoms. The van der Waals surface area contributed by atoms with Crippen molar-refractivity contribution in [3.8, 4) is 11.3 Å². The van der Waals surface area contributed by atoms with Crippen LogP contribution in [0.25, 0.3) is 16.9 Å². The number of aromatic nitrogens is 2. The van der Waals surface area contributed by atoms with Gasteiger partial charge in [0.2, 0.25) is 9.84 Å². The Kier molecular flexibility index (Phi) is 3.43. The van der Waals surface area contributed by atoms with E-state index >= 15 is 0 Å². The van der Waals surface area contributed by atoms with Gasteiger partial charge in [-0.25, -0.2) is 13.4 Å². The van der Waals surface area contributed by atoms with E-state index in [2.05, 4.69) is 4.98 Å². The van der Waals surface area contributed by atoms with Crippen molar-refractivity contribution in [1.29, 1.82) is 0 Å². The van der Waals surface area contributed by atoms with E-state index in [4.69, 9.17) is 0 Å². The van der Waals surface area contributed by atoms with E-state index in [1.165, 1.54) is 0 Å². The van der Waals surface area contributed by atoms with Gasteiger partial charge in [0.25, 0.3) is 0 Å². The highest BCUT2D eigenvalue weighted by atomic mass is 32.2. The van der Waals surface area contributed by atoms with E-state index in [0.29, 0.717) is 11.3 Å². The molecule has 5 heteroatoms. The minimum absolute atomic E-state index is 0.190. The fourth-order valence-electron chi connectivity index (χ4n) is 2.73. The number of benzene rings is 2. The van der Waals surface area contributed by atoms with Gasteiger partial charge in [0, 0.05) is 11.8 Å². The standard InChI is InChI=1S/C19H14N2O2S/c22-24(23,16-11-5-2-6-12-16)19-18(15-9-3-1-4-10-15)20-17-13-7-8-14-21(17)19/h1-14H. The Morgan fingerprint density at radius 2 is 1.38 bits per heavy atom. The Morgan fingerprint density at radius 1 is 0.750 bits per heavy atom. The lowest BCUT2D eigenvalue weighted by molar-refractivity contribution is 0.591. The maximum atomic E-state index is 13.2. The SMILES string of the molecule is O=S(=O)(c1ccccc1)c1c(-c2ccccc2)nc2ccccn12. The summed E-state index contributed by atoms with van der Waals surface area (Å²) < 4.78 is 28.1. The van der Waals surface area contributed by atoms with Crippen LogP contribution in [0.15, 0.2) is 95.0 Å². The van der Waals surface area contributed by atoms with Gasteiger partial charge in [-0.2, -0.15) is 0 Å². The third-order valence-corrected chi connectivity index (χ3v) is 5.63. The Bertz CT molecular complexity index is 1100. The molecule has 0 saturated carbocycles. The molecule has 2 aromatic heterocycles. The fraction of sp³-hybridized carbons (Fsp3) is 0. The van der Waals surface area contributed by atoms with Crippen LogP contribution in [0.3, 0.4) is 0 Å². The van der Waals surface area contributed by atoms with Gasteiger partial charge >= 0.3 is 0 Å². The number of imidazole rings is 1. The lowest BCUT2D eigenvalue weighted by Crippen LogP contribution is -2.06. The van der Waals surface area contributed by atoms with E-state index in [-0.39, 0.29) is 9.92 Å². The molecule has 4 aromatic rings. The van der Waals surface area contributed by atoms with Gasteiger partial charge in [0.15, 0.2) is 5.03 Å². The van der Waals surface area contributed by atoms with Gasteiger partial charge in [-0.15, -0.1) is 0 Å². The molecule has 0 spiro atoms. The Morgan fingerprint density at radius 3 is 2.08 bits per heavy atom. The highest BCUT2D eigenvalue weighted by Crippen LogP contribution is 2.31. The van der Waals surface area contributed by atoms with Crippen LogP contribution in [0.5, 0.6) is 0 Å². The maximum absolute atomic E-state index is 13.2. The predicted molar refractivity (Wildman–Crippen MR) is 92.5 cm³/mol. The van der Waals surface area contributed by atoms with Gasteiger partial charge < -0.3 is 0 Å². The zero-order chi connectivity index (χ0) is 16.6. The minimum Gasteiger partial charge on any atom is -0.290 e. The summed E-state index contributed by atoms with van der Waals surface area (Å²) in [6, 6.07) is 23.3. The van der Waals surface area contributed by atoms with Crippen LogP contribution < -0.4 is 0 Å². The zero-order valence-corrected chi connectivity index (χ0v) is 13.5. The second-order valence-electron chi connectivity index (χ2n) is 5.38. The molecule has 118 valence electrons. The molecule has 2 aromatic carbocycles. The van der Waals surface area contributed by atoms with E-state index in [1.54, 1.807) is 53.1 Å². The molecule has 4 nitrogen and oxygen atoms in total. The predicted octanol–water partition coefficient (Wildman–Crippen LogP) is 3.83. The van der Waals surface area contributed by atoms with Crippen molar-refractivity contribution in [2.24, 2.45) is 0 Å². The van der Waals surface area contributed by atoms with Crippen molar-refractivity contribution in [2.75, 3.05) is 0 Å². The number of sulfone groups is 1. The summed E-state index contributed by atoms with van der Waals surface area (Å²) in [7, 11) is -3.70. The molecular weight excluding hydrogens is 320 g/mol. The summed E-state index contributed by atoms with van der Waals surface area (Å²) in [4.78, 5) is 4.82. The molecule has 0 unspecified atom stereocenters. The van der Waals surface area contributed by atoms with Crippen LogP contribution in [-0.2, 0) is 9.84 Å². The van der Waals surface area contributed by atoms with Gasteiger partial charge in [-0.1, -0.05) is 54.6 Å². The molecule has 0 N–H and O–H groups in total. The van der Waals surface area contributed by atoms with Crippen LogP contribution >= 0.6 is 0 Å². The number of hydrogen-bond acceptors (Lipinski definition) is 3. The number of hydrogen-bond donors (Lipinski definition) is 0. The largest absolute Gasteiger partial charge is 0.290 e. The summed E-state index contributed by atoms with van der Waals surface area (Å²) in [5.41, 5.74) is 1.84. The Balaban J connectivity index is 2.08. The molecule has 0 fully saturated rings. The smallest absolute Gasteiger partial charge is 0.224 e. The molecule has 0 aliphatic carbocycles. The first-order valence-electron chi connectivity index (χ1n) is 7.50. The van der Waals surface area contributed by atoms with Gasteiger partial charge in [-0.3, -0.25) is 4.40 Å². The van der Waals surface area contributed by atoms with E-state index in [1.807, 2.05) is 36.4 Å². The van der Waals surface area contributed by atoms with Crippen molar-refractivity contribution >= 4 is 15.5 Å². The van der Waals surface area contributed by atoms with Crippen LogP contribution in [0, 0.1) is 0 Å². The van der Waals surface area contributed by atoms with Gasteiger partial charge in [-0.05, 0) is 24.3 Å². The van der Waals surface area contributed by atoms with E-state index < -0.39 is 9.84 Å². The van der Waals surface area contributed by atoms with Crippen LogP contribution in [0.4, 0.5) is 0 Å². The second-order valence-corrected chi connectivity index (χ2v) is 7.24. The first kappa shape index (κ1) is 14.7. The number of rotatable bonds is 3. The molecule has 2 heterocycles. The Labute approximate surface area is 140 Å². The topological polar surface area (TPSA) is 51.4 Å². The summed E-state index contributed by atoms with van der Waals surface area (Å²) >= 11 is 0. The number of fused-ring (bicyclic) bond motifs is 1. The third-order valence-electron chi connectivity index (χ3n) is 3.84. The van der Waals surface area contributed by atoms with Gasteiger partial charge in [0.05, 0.1) is 4.90 Å². The molecule has 24 heavy (non-hydrogen) atoms. The highest BCUT2D eigenvalue weighted by Gasteiger charge is 2.27.